The van der Waals surface area contributed by atoms with Crippen molar-refractivity contribution in [3.8, 4) is 0 Å². The minimum absolute atomic E-state index is 0.572. The summed E-state index contributed by atoms with van der Waals surface area (Å²) >= 11 is 2.08. The molecule has 4 heteroatoms. The molecule has 1 aliphatic rings. The fourth-order valence-electron chi connectivity index (χ4n) is 2.16. The van der Waals surface area contributed by atoms with E-state index in [-0.39, 0.29) is 0 Å². The number of pyridine rings is 1. The van der Waals surface area contributed by atoms with Crippen LogP contribution in [0.2, 0.25) is 0 Å². The molecule has 94 valence electrons. The van der Waals surface area contributed by atoms with E-state index in [1.165, 1.54) is 12.2 Å². The van der Waals surface area contributed by atoms with Gasteiger partial charge in [0, 0.05) is 41.9 Å². The third-order valence-corrected chi connectivity index (χ3v) is 4.58. The predicted molar refractivity (Wildman–Crippen MR) is 75.6 cm³/mol. The van der Waals surface area contributed by atoms with Crippen molar-refractivity contribution in [3.63, 3.8) is 0 Å². The van der Waals surface area contributed by atoms with Crippen LogP contribution in [0.3, 0.4) is 0 Å². The van der Waals surface area contributed by atoms with Gasteiger partial charge in [-0.25, -0.2) is 4.98 Å². The molecule has 1 aromatic rings. The molecule has 1 atom stereocenters. The number of hydrogen-bond donors (Lipinski definition) is 1. The van der Waals surface area contributed by atoms with Gasteiger partial charge in [-0.3, -0.25) is 0 Å². The molecule has 2 heterocycles. The first kappa shape index (κ1) is 12.7. The summed E-state index contributed by atoms with van der Waals surface area (Å²) in [7, 11) is 0. The Morgan fingerprint density at radius 3 is 3.06 bits per heavy atom. The molecule has 0 radical (unpaired) electrons. The SMILES string of the molecule is CCC1CN(c2nc(C)ccc2CN)CCS1. The third-order valence-electron chi connectivity index (χ3n) is 3.21. The first-order chi connectivity index (χ1) is 8.24. The third kappa shape index (κ3) is 2.93. The second kappa shape index (κ2) is 5.74. The summed E-state index contributed by atoms with van der Waals surface area (Å²) in [4.78, 5) is 7.08. The highest BCUT2D eigenvalue weighted by molar-refractivity contribution is 8.00. The molecule has 3 nitrogen and oxygen atoms in total. The van der Waals surface area contributed by atoms with Gasteiger partial charge in [0.2, 0.25) is 0 Å². The highest BCUT2D eigenvalue weighted by atomic mass is 32.2. The molecular weight excluding hydrogens is 230 g/mol. The Bertz CT molecular complexity index is 381. The van der Waals surface area contributed by atoms with Crippen molar-refractivity contribution >= 4 is 17.6 Å². The van der Waals surface area contributed by atoms with Crippen LogP contribution in [-0.4, -0.2) is 29.1 Å². The molecule has 0 aromatic carbocycles. The zero-order valence-electron chi connectivity index (χ0n) is 10.6. The summed E-state index contributed by atoms with van der Waals surface area (Å²) in [5, 5.41) is 0.733. The lowest BCUT2D eigenvalue weighted by molar-refractivity contribution is 0.714. The molecule has 0 aliphatic carbocycles. The Labute approximate surface area is 108 Å². The van der Waals surface area contributed by atoms with Gasteiger partial charge in [0.05, 0.1) is 0 Å². The van der Waals surface area contributed by atoms with Gasteiger partial charge in [0.25, 0.3) is 0 Å². The lowest BCUT2D eigenvalue weighted by Crippen LogP contribution is -2.39. The number of thioether (sulfide) groups is 1. The number of aromatic nitrogens is 1. The van der Waals surface area contributed by atoms with Crippen LogP contribution in [-0.2, 0) is 6.54 Å². The molecule has 1 unspecified atom stereocenters. The van der Waals surface area contributed by atoms with Crippen LogP contribution in [0.15, 0.2) is 12.1 Å². The molecule has 1 saturated heterocycles. The second-order valence-corrected chi connectivity index (χ2v) is 5.89. The lowest BCUT2D eigenvalue weighted by Gasteiger charge is -2.34. The molecule has 0 saturated carbocycles. The molecule has 2 rings (SSSR count). The van der Waals surface area contributed by atoms with E-state index < -0.39 is 0 Å². The van der Waals surface area contributed by atoms with Crippen LogP contribution in [0.1, 0.15) is 24.6 Å². The number of rotatable bonds is 3. The minimum Gasteiger partial charge on any atom is -0.354 e. The molecule has 0 bridgehead atoms. The summed E-state index contributed by atoms with van der Waals surface area (Å²) in [6.07, 6.45) is 1.23. The van der Waals surface area contributed by atoms with Gasteiger partial charge >= 0.3 is 0 Å². The Morgan fingerprint density at radius 2 is 2.35 bits per heavy atom. The largest absolute Gasteiger partial charge is 0.354 e. The van der Waals surface area contributed by atoms with Crippen molar-refractivity contribution in [2.75, 3.05) is 23.7 Å². The van der Waals surface area contributed by atoms with Crippen LogP contribution in [0.5, 0.6) is 0 Å². The fourth-order valence-corrected chi connectivity index (χ4v) is 3.34. The van der Waals surface area contributed by atoms with Crippen molar-refractivity contribution in [2.45, 2.75) is 32.1 Å². The Hall–Kier alpha value is -0.740. The van der Waals surface area contributed by atoms with Gasteiger partial charge in [-0.2, -0.15) is 11.8 Å². The van der Waals surface area contributed by atoms with Gasteiger partial charge in [-0.15, -0.1) is 0 Å². The van der Waals surface area contributed by atoms with Crippen LogP contribution in [0.25, 0.3) is 0 Å². The minimum atomic E-state index is 0.572. The molecule has 2 N–H and O–H groups in total. The molecule has 1 aromatic heterocycles. The summed E-state index contributed by atoms with van der Waals surface area (Å²) in [6, 6.07) is 4.15. The maximum absolute atomic E-state index is 5.80. The first-order valence-electron chi connectivity index (χ1n) is 6.27. The average Bonchev–Trinajstić information content (AvgIpc) is 2.39. The molecule has 0 spiro atoms. The maximum atomic E-state index is 5.80. The summed E-state index contributed by atoms with van der Waals surface area (Å²) in [5.41, 5.74) is 8.04. The summed E-state index contributed by atoms with van der Waals surface area (Å²) in [6.45, 7) is 7.06. The van der Waals surface area contributed by atoms with Crippen molar-refractivity contribution in [1.29, 1.82) is 0 Å². The zero-order chi connectivity index (χ0) is 12.3. The van der Waals surface area contributed by atoms with E-state index in [0.29, 0.717) is 6.54 Å². The van der Waals surface area contributed by atoms with Gasteiger partial charge in [-0.05, 0) is 19.4 Å². The van der Waals surface area contributed by atoms with E-state index in [9.17, 15) is 0 Å². The van der Waals surface area contributed by atoms with Gasteiger partial charge in [-0.1, -0.05) is 13.0 Å². The molecule has 1 aliphatic heterocycles. The van der Waals surface area contributed by atoms with E-state index in [1.807, 2.05) is 13.0 Å². The Morgan fingerprint density at radius 1 is 1.53 bits per heavy atom. The normalized spacial score (nSPS) is 20.6. The second-order valence-electron chi connectivity index (χ2n) is 4.49. The Balaban J connectivity index is 2.22. The molecule has 0 amide bonds. The maximum Gasteiger partial charge on any atom is 0.133 e. The Kier molecular flexibility index (Phi) is 4.29. The van der Waals surface area contributed by atoms with Crippen molar-refractivity contribution < 1.29 is 0 Å². The van der Waals surface area contributed by atoms with Crippen molar-refractivity contribution in [3.05, 3.63) is 23.4 Å². The van der Waals surface area contributed by atoms with Crippen LogP contribution >= 0.6 is 11.8 Å². The van der Waals surface area contributed by atoms with E-state index >= 15 is 0 Å². The molecule has 1 fully saturated rings. The van der Waals surface area contributed by atoms with Gasteiger partial charge in [0.1, 0.15) is 5.82 Å². The van der Waals surface area contributed by atoms with Crippen LogP contribution in [0, 0.1) is 6.92 Å². The number of nitrogens with two attached hydrogens (primary N) is 1. The predicted octanol–water partition coefficient (Wildman–Crippen LogP) is 2.18. The number of aryl methyl sites for hydroxylation is 1. The molecule has 17 heavy (non-hydrogen) atoms. The highest BCUT2D eigenvalue weighted by Gasteiger charge is 2.21. The zero-order valence-corrected chi connectivity index (χ0v) is 11.5. The quantitative estimate of drug-likeness (QED) is 0.894. The van der Waals surface area contributed by atoms with E-state index in [1.54, 1.807) is 0 Å². The van der Waals surface area contributed by atoms with E-state index in [4.69, 9.17) is 5.73 Å². The summed E-state index contributed by atoms with van der Waals surface area (Å²) < 4.78 is 0. The van der Waals surface area contributed by atoms with Gasteiger partial charge in [0.15, 0.2) is 0 Å². The van der Waals surface area contributed by atoms with Crippen molar-refractivity contribution in [2.24, 2.45) is 5.73 Å². The first-order valence-corrected chi connectivity index (χ1v) is 7.32. The number of anilines is 1. The fraction of sp³-hybridized carbons (Fsp3) is 0.615. The van der Waals surface area contributed by atoms with E-state index in [2.05, 4.69) is 34.6 Å². The van der Waals surface area contributed by atoms with E-state index in [0.717, 1.165) is 35.4 Å². The lowest BCUT2D eigenvalue weighted by atomic mass is 10.2. The monoisotopic (exact) mass is 251 g/mol. The highest BCUT2D eigenvalue weighted by Crippen LogP contribution is 2.26. The number of nitrogens with zero attached hydrogens (tertiary/aromatic N) is 2. The van der Waals surface area contributed by atoms with Crippen LogP contribution < -0.4 is 10.6 Å². The van der Waals surface area contributed by atoms with Crippen LogP contribution in [0.4, 0.5) is 5.82 Å². The van der Waals surface area contributed by atoms with Gasteiger partial charge < -0.3 is 10.6 Å². The van der Waals surface area contributed by atoms with Crippen molar-refractivity contribution in [1.82, 2.24) is 4.98 Å². The smallest absolute Gasteiger partial charge is 0.133 e. The standard InChI is InChI=1S/C13H21N3S/c1-3-12-9-16(6-7-17-12)13-11(8-14)5-4-10(2)15-13/h4-5,12H,3,6-9,14H2,1-2H3. The topological polar surface area (TPSA) is 42.2 Å². The number of hydrogen-bond acceptors (Lipinski definition) is 4. The summed E-state index contributed by atoms with van der Waals surface area (Å²) in [5.74, 6) is 2.30. The molecular formula is C13H21N3S. The average molecular weight is 251 g/mol.